The fraction of sp³-hybridized carbons (Fsp3) is 0.154. The van der Waals surface area contributed by atoms with Crippen molar-refractivity contribution in [3.63, 3.8) is 0 Å². The van der Waals surface area contributed by atoms with Crippen LogP contribution in [0.1, 0.15) is 0 Å². The molecule has 0 saturated heterocycles. The topological polar surface area (TPSA) is 58.6 Å². The predicted molar refractivity (Wildman–Crippen MR) is 58.9 cm³/mol. The van der Waals surface area contributed by atoms with E-state index in [1.54, 1.807) is 6.07 Å². The SMILES string of the molecule is O=C([O-])C1COc2cc3ccccc3cc2O1. The van der Waals surface area contributed by atoms with Gasteiger partial charge < -0.3 is 19.4 Å². The van der Waals surface area contributed by atoms with Crippen LogP contribution < -0.4 is 14.6 Å². The van der Waals surface area contributed by atoms with Crippen LogP contribution in [0.5, 0.6) is 11.5 Å². The molecule has 86 valence electrons. The highest BCUT2D eigenvalue weighted by Crippen LogP contribution is 2.35. The van der Waals surface area contributed by atoms with Crippen molar-refractivity contribution in [1.82, 2.24) is 0 Å². The van der Waals surface area contributed by atoms with Gasteiger partial charge in [-0.3, -0.25) is 0 Å². The molecule has 1 aliphatic heterocycles. The van der Waals surface area contributed by atoms with E-state index in [2.05, 4.69) is 0 Å². The third kappa shape index (κ3) is 1.67. The third-order valence-electron chi connectivity index (χ3n) is 2.73. The fourth-order valence-corrected chi connectivity index (χ4v) is 1.87. The quantitative estimate of drug-likeness (QED) is 0.723. The molecule has 2 aromatic rings. The lowest BCUT2D eigenvalue weighted by Crippen LogP contribution is -2.45. The highest BCUT2D eigenvalue weighted by Gasteiger charge is 2.22. The molecule has 0 radical (unpaired) electrons. The van der Waals surface area contributed by atoms with E-state index in [-0.39, 0.29) is 6.61 Å². The first kappa shape index (κ1) is 9.96. The highest BCUT2D eigenvalue weighted by molar-refractivity contribution is 5.86. The summed E-state index contributed by atoms with van der Waals surface area (Å²) in [5.41, 5.74) is 0. The van der Waals surface area contributed by atoms with Gasteiger partial charge >= 0.3 is 0 Å². The van der Waals surface area contributed by atoms with Gasteiger partial charge in [-0.05, 0) is 22.9 Å². The summed E-state index contributed by atoms with van der Waals surface area (Å²) in [5.74, 6) is -0.242. The molecule has 4 heteroatoms. The molecule has 4 nitrogen and oxygen atoms in total. The van der Waals surface area contributed by atoms with Crippen LogP contribution in [-0.4, -0.2) is 18.7 Å². The zero-order valence-corrected chi connectivity index (χ0v) is 8.88. The highest BCUT2D eigenvalue weighted by atomic mass is 16.6. The second-order valence-electron chi connectivity index (χ2n) is 3.88. The number of carbonyl (C=O) groups excluding carboxylic acids is 1. The van der Waals surface area contributed by atoms with E-state index in [9.17, 15) is 9.90 Å². The Bertz CT molecular complexity index is 591. The second kappa shape index (κ2) is 3.66. The molecule has 1 atom stereocenters. The Labute approximate surface area is 97.4 Å². The van der Waals surface area contributed by atoms with Crippen LogP contribution in [0.25, 0.3) is 10.8 Å². The average molecular weight is 229 g/mol. The Kier molecular flexibility index (Phi) is 2.14. The molecular weight excluding hydrogens is 220 g/mol. The van der Waals surface area contributed by atoms with Crippen LogP contribution in [0.4, 0.5) is 0 Å². The molecule has 3 rings (SSSR count). The van der Waals surface area contributed by atoms with E-state index in [0.717, 1.165) is 10.8 Å². The lowest BCUT2D eigenvalue weighted by molar-refractivity contribution is -0.314. The summed E-state index contributed by atoms with van der Waals surface area (Å²) in [6.45, 7) is -0.0202. The minimum absolute atomic E-state index is 0.0202. The molecule has 0 saturated carbocycles. The van der Waals surface area contributed by atoms with Gasteiger partial charge in [-0.1, -0.05) is 24.3 Å². The minimum Gasteiger partial charge on any atom is -0.546 e. The molecule has 17 heavy (non-hydrogen) atoms. The van der Waals surface area contributed by atoms with Gasteiger partial charge in [-0.2, -0.15) is 0 Å². The normalized spacial score (nSPS) is 18.0. The van der Waals surface area contributed by atoms with Gasteiger partial charge in [-0.25, -0.2) is 0 Å². The van der Waals surface area contributed by atoms with Crippen molar-refractivity contribution in [3.8, 4) is 11.5 Å². The summed E-state index contributed by atoms with van der Waals surface area (Å²) >= 11 is 0. The largest absolute Gasteiger partial charge is 0.546 e. The summed E-state index contributed by atoms with van der Waals surface area (Å²) < 4.78 is 10.7. The summed E-state index contributed by atoms with van der Waals surface area (Å²) in [6.07, 6.45) is -1.04. The fourth-order valence-electron chi connectivity index (χ4n) is 1.87. The van der Waals surface area contributed by atoms with E-state index < -0.39 is 12.1 Å². The number of fused-ring (bicyclic) bond motifs is 2. The molecule has 0 aliphatic carbocycles. The Morgan fingerprint density at radius 1 is 1.18 bits per heavy atom. The van der Waals surface area contributed by atoms with Crippen LogP contribution in [0, 0.1) is 0 Å². The number of benzene rings is 2. The molecular formula is C13H9O4-. The number of hydrogen-bond donors (Lipinski definition) is 0. The first-order chi connectivity index (χ1) is 8.24. The molecule has 1 aliphatic rings. The van der Waals surface area contributed by atoms with Crippen molar-refractivity contribution in [2.24, 2.45) is 0 Å². The number of rotatable bonds is 1. The van der Waals surface area contributed by atoms with Crippen LogP contribution >= 0.6 is 0 Å². The molecule has 0 fully saturated rings. The Morgan fingerprint density at radius 3 is 2.47 bits per heavy atom. The van der Waals surface area contributed by atoms with Crippen molar-refractivity contribution in [2.45, 2.75) is 6.10 Å². The first-order valence-corrected chi connectivity index (χ1v) is 5.27. The monoisotopic (exact) mass is 229 g/mol. The maximum atomic E-state index is 10.7. The van der Waals surface area contributed by atoms with Crippen molar-refractivity contribution in [1.29, 1.82) is 0 Å². The molecule has 0 amide bonds. The van der Waals surface area contributed by atoms with Crippen LogP contribution in [0.15, 0.2) is 36.4 Å². The number of carbonyl (C=O) groups is 1. The van der Waals surface area contributed by atoms with E-state index in [0.29, 0.717) is 11.5 Å². The zero-order chi connectivity index (χ0) is 11.8. The first-order valence-electron chi connectivity index (χ1n) is 5.27. The Morgan fingerprint density at radius 2 is 1.82 bits per heavy atom. The Hall–Kier alpha value is -2.23. The van der Waals surface area contributed by atoms with Crippen molar-refractivity contribution in [3.05, 3.63) is 36.4 Å². The summed E-state index contributed by atoms with van der Waals surface area (Å²) in [5, 5.41) is 12.7. The van der Waals surface area contributed by atoms with E-state index in [1.165, 1.54) is 0 Å². The van der Waals surface area contributed by atoms with E-state index in [1.807, 2.05) is 30.3 Å². The number of aliphatic carboxylic acids is 1. The lowest BCUT2D eigenvalue weighted by Gasteiger charge is -2.27. The predicted octanol–water partition coefficient (Wildman–Crippen LogP) is 0.729. The summed E-state index contributed by atoms with van der Waals surface area (Å²) in [6, 6.07) is 11.4. The van der Waals surface area contributed by atoms with Crippen LogP contribution in [-0.2, 0) is 4.79 Å². The Balaban J connectivity index is 2.07. The molecule has 1 heterocycles. The van der Waals surface area contributed by atoms with Gasteiger partial charge in [-0.15, -0.1) is 0 Å². The van der Waals surface area contributed by atoms with E-state index >= 15 is 0 Å². The molecule has 2 aromatic carbocycles. The zero-order valence-electron chi connectivity index (χ0n) is 8.88. The molecule has 0 aromatic heterocycles. The summed E-state index contributed by atoms with van der Waals surface area (Å²) in [7, 11) is 0. The second-order valence-corrected chi connectivity index (χ2v) is 3.88. The summed E-state index contributed by atoms with van der Waals surface area (Å²) in [4.78, 5) is 10.7. The van der Waals surface area contributed by atoms with Crippen molar-refractivity contribution in [2.75, 3.05) is 6.61 Å². The standard InChI is InChI=1S/C13H10O4/c14-13(15)12-7-16-10-5-8-3-1-2-4-9(8)6-11(10)17-12/h1-6,12H,7H2,(H,14,15)/p-1. The van der Waals surface area contributed by atoms with Crippen molar-refractivity contribution < 1.29 is 19.4 Å². The van der Waals surface area contributed by atoms with Gasteiger partial charge in [0.25, 0.3) is 0 Å². The average Bonchev–Trinajstić information content (AvgIpc) is 2.35. The molecule has 0 spiro atoms. The van der Waals surface area contributed by atoms with Crippen LogP contribution in [0.3, 0.4) is 0 Å². The van der Waals surface area contributed by atoms with Gasteiger partial charge in [0.05, 0.1) is 5.97 Å². The maximum Gasteiger partial charge on any atom is 0.172 e. The number of ether oxygens (including phenoxy) is 2. The molecule has 0 N–H and O–H groups in total. The van der Waals surface area contributed by atoms with Gasteiger partial charge in [0.2, 0.25) is 0 Å². The van der Waals surface area contributed by atoms with Crippen molar-refractivity contribution >= 4 is 16.7 Å². The lowest BCUT2D eigenvalue weighted by atomic mass is 10.1. The van der Waals surface area contributed by atoms with Gasteiger partial charge in [0, 0.05) is 0 Å². The van der Waals surface area contributed by atoms with E-state index in [4.69, 9.17) is 9.47 Å². The van der Waals surface area contributed by atoms with Crippen LogP contribution in [0.2, 0.25) is 0 Å². The number of hydrogen-bond acceptors (Lipinski definition) is 4. The third-order valence-corrected chi connectivity index (χ3v) is 2.73. The number of carboxylic acid groups (broad SMARTS) is 1. The number of carboxylic acids is 1. The minimum atomic E-state index is -1.26. The smallest absolute Gasteiger partial charge is 0.172 e. The molecule has 0 bridgehead atoms. The van der Waals surface area contributed by atoms with Gasteiger partial charge in [0.15, 0.2) is 17.6 Å². The molecule has 1 unspecified atom stereocenters. The van der Waals surface area contributed by atoms with Gasteiger partial charge in [0.1, 0.15) is 6.61 Å². The maximum absolute atomic E-state index is 10.7.